The Balaban J connectivity index is 1.43. The fraction of sp³-hybridized carbons (Fsp3) is 0.238. The van der Waals surface area contributed by atoms with Gasteiger partial charge in [0.2, 0.25) is 5.91 Å². The summed E-state index contributed by atoms with van der Waals surface area (Å²) in [4.78, 5) is 29.1. The molecule has 0 radical (unpaired) electrons. The van der Waals surface area contributed by atoms with Gasteiger partial charge in [-0.15, -0.1) is 0 Å². The molecule has 1 atom stereocenters. The normalized spacial score (nSPS) is 17.3. The van der Waals surface area contributed by atoms with Crippen LogP contribution in [0.4, 0.5) is 10.1 Å². The average molecular weight is 365 g/mol. The summed E-state index contributed by atoms with van der Waals surface area (Å²) in [6.07, 6.45) is 2.73. The number of nitrogens with zero attached hydrogens (tertiary/aromatic N) is 1. The number of amides is 2. The molecule has 1 aromatic heterocycles. The van der Waals surface area contributed by atoms with Crippen molar-refractivity contribution in [1.29, 1.82) is 0 Å². The number of hydrogen-bond donors (Lipinski definition) is 2. The predicted octanol–water partition coefficient (Wildman–Crippen LogP) is 3.08. The van der Waals surface area contributed by atoms with Gasteiger partial charge in [-0.3, -0.25) is 9.59 Å². The molecule has 1 unspecified atom stereocenters. The lowest BCUT2D eigenvalue weighted by Crippen LogP contribution is -2.39. The Morgan fingerprint density at radius 2 is 2.04 bits per heavy atom. The van der Waals surface area contributed by atoms with Crippen molar-refractivity contribution < 1.29 is 14.0 Å². The van der Waals surface area contributed by atoms with Crippen LogP contribution < -0.4 is 10.2 Å². The number of rotatable bonds is 5. The molecule has 1 saturated heterocycles. The van der Waals surface area contributed by atoms with Gasteiger partial charge in [0.15, 0.2) is 0 Å². The van der Waals surface area contributed by atoms with E-state index in [0.29, 0.717) is 6.54 Å². The third kappa shape index (κ3) is 3.24. The highest BCUT2D eigenvalue weighted by Gasteiger charge is 2.40. The monoisotopic (exact) mass is 365 g/mol. The number of benzene rings is 2. The quantitative estimate of drug-likeness (QED) is 0.683. The van der Waals surface area contributed by atoms with Crippen molar-refractivity contribution in [2.75, 3.05) is 11.4 Å². The van der Waals surface area contributed by atoms with E-state index < -0.39 is 17.8 Å². The van der Waals surface area contributed by atoms with Crippen LogP contribution in [-0.2, 0) is 16.0 Å². The zero-order valence-electron chi connectivity index (χ0n) is 15.0. The number of carbonyl (C=O) groups is 2. The van der Waals surface area contributed by atoms with Gasteiger partial charge in [0.1, 0.15) is 5.82 Å². The molecule has 0 bridgehead atoms. The number of carbonyl (C=O) groups excluding carboxylic acids is 2. The lowest BCUT2D eigenvalue weighted by molar-refractivity contribution is -0.121. The summed E-state index contributed by atoms with van der Waals surface area (Å²) in [6, 6.07) is 11.9. The lowest BCUT2D eigenvalue weighted by atomic mass is 10.1. The number of nitrogens with one attached hydrogen (secondary N) is 2. The Hall–Kier alpha value is -2.99. The van der Waals surface area contributed by atoms with Gasteiger partial charge in [-0.05, 0) is 42.7 Å². The van der Waals surface area contributed by atoms with Crippen LogP contribution in [0.15, 0.2) is 48.7 Å². The smallest absolute Gasteiger partial charge is 0.251 e. The molecule has 3 aromatic rings. The number of fused-ring (bicyclic) bond motifs is 1. The molecular formula is C21H20FN3O2. The second-order valence-corrected chi connectivity index (χ2v) is 6.84. The molecule has 0 aliphatic carbocycles. The summed E-state index contributed by atoms with van der Waals surface area (Å²) in [5, 5.41) is 4.30. The second kappa shape index (κ2) is 6.96. The van der Waals surface area contributed by atoms with E-state index in [9.17, 15) is 14.0 Å². The van der Waals surface area contributed by atoms with E-state index in [1.807, 2.05) is 30.5 Å². The Labute approximate surface area is 156 Å². The number of imide groups is 1. The summed E-state index contributed by atoms with van der Waals surface area (Å²) in [5.41, 5.74) is 2.98. The maximum absolute atomic E-state index is 14.2. The van der Waals surface area contributed by atoms with Gasteiger partial charge in [0.25, 0.3) is 5.91 Å². The Bertz CT molecular complexity index is 1030. The van der Waals surface area contributed by atoms with E-state index in [1.165, 1.54) is 12.1 Å². The molecule has 27 heavy (non-hydrogen) atoms. The maximum atomic E-state index is 14.2. The molecule has 2 heterocycles. The first-order valence-corrected chi connectivity index (χ1v) is 8.96. The van der Waals surface area contributed by atoms with Crippen LogP contribution in [0, 0.1) is 12.7 Å². The van der Waals surface area contributed by atoms with E-state index in [0.717, 1.165) is 33.4 Å². The van der Waals surface area contributed by atoms with Crippen LogP contribution in [0.25, 0.3) is 10.9 Å². The van der Waals surface area contributed by atoms with Crippen molar-refractivity contribution in [3.05, 3.63) is 65.6 Å². The third-order valence-corrected chi connectivity index (χ3v) is 4.95. The van der Waals surface area contributed by atoms with E-state index in [-0.39, 0.29) is 18.0 Å². The fourth-order valence-electron chi connectivity index (χ4n) is 3.56. The van der Waals surface area contributed by atoms with Crippen molar-refractivity contribution in [3.8, 4) is 0 Å². The lowest BCUT2D eigenvalue weighted by Gasteiger charge is -2.16. The standard InChI is InChI=1S/C21H20FN3O2/c1-13-6-7-19(16(22)10-13)25-20(26)11-18(21(25)27)23-9-8-14-12-24-17-5-3-2-4-15(14)17/h2-7,10,12,18,23-24H,8-9,11H2,1H3. The van der Waals surface area contributed by atoms with Gasteiger partial charge in [-0.25, -0.2) is 9.29 Å². The molecule has 6 heteroatoms. The summed E-state index contributed by atoms with van der Waals surface area (Å²) in [6.45, 7) is 2.31. The van der Waals surface area contributed by atoms with Gasteiger partial charge in [0.05, 0.1) is 18.2 Å². The first-order valence-electron chi connectivity index (χ1n) is 8.96. The first-order chi connectivity index (χ1) is 13.0. The Morgan fingerprint density at radius 1 is 1.22 bits per heavy atom. The highest BCUT2D eigenvalue weighted by atomic mass is 19.1. The van der Waals surface area contributed by atoms with Gasteiger partial charge < -0.3 is 10.3 Å². The van der Waals surface area contributed by atoms with E-state index in [4.69, 9.17) is 0 Å². The molecular weight excluding hydrogens is 345 g/mol. The van der Waals surface area contributed by atoms with E-state index in [1.54, 1.807) is 13.0 Å². The van der Waals surface area contributed by atoms with Crippen LogP contribution in [-0.4, -0.2) is 29.4 Å². The van der Waals surface area contributed by atoms with E-state index >= 15 is 0 Å². The van der Waals surface area contributed by atoms with Crippen LogP contribution >= 0.6 is 0 Å². The molecule has 1 fully saturated rings. The number of aromatic amines is 1. The molecule has 1 aliphatic rings. The minimum absolute atomic E-state index is 0.0246. The molecule has 2 N–H and O–H groups in total. The van der Waals surface area contributed by atoms with Gasteiger partial charge in [0, 0.05) is 23.6 Å². The number of anilines is 1. The topological polar surface area (TPSA) is 65.2 Å². The molecule has 2 aromatic carbocycles. The molecule has 138 valence electrons. The minimum Gasteiger partial charge on any atom is -0.361 e. The summed E-state index contributed by atoms with van der Waals surface area (Å²) >= 11 is 0. The summed E-state index contributed by atoms with van der Waals surface area (Å²) in [5.74, 6) is -1.34. The van der Waals surface area contributed by atoms with Crippen LogP contribution in [0.1, 0.15) is 17.5 Å². The largest absolute Gasteiger partial charge is 0.361 e. The number of aryl methyl sites for hydroxylation is 1. The average Bonchev–Trinajstić information content (AvgIpc) is 3.17. The minimum atomic E-state index is -0.622. The Kier molecular flexibility index (Phi) is 4.49. The molecule has 0 spiro atoms. The van der Waals surface area contributed by atoms with Crippen LogP contribution in [0.5, 0.6) is 0 Å². The highest BCUT2D eigenvalue weighted by Crippen LogP contribution is 2.26. The zero-order valence-corrected chi connectivity index (χ0v) is 15.0. The van der Waals surface area contributed by atoms with Crippen molar-refractivity contribution in [3.63, 3.8) is 0 Å². The number of aromatic nitrogens is 1. The summed E-state index contributed by atoms with van der Waals surface area (Å²) < 4.78 is 14.2. The number of H-pyrrole nitrogens is 1. The molecule has 5 nitrogen and oxygen atoms in total. The van der Waals surface area contributed by atoms with Gasteiger partial charge in [-0.2, -0.15) is 0 Å². The fourth-order valence-corrected chi connectivity index (χ4v) is 3.56. The van der Waals surface area contributed by atoms with Crippen LogP contribution in [0.3, 0.4) is 0 Å². The van der Waals surface area contributed by atoms with E-state index in [2.05, 4.69) is 10.3 Å². The first kappa shape index (κ1) is 17.4. The van der Waals surface area contributed by atoms with Gasteiger partial charge in [-0.1, -0.05) is 24.3 Å². The maximum Gasteiger partial charge on any atom is 0.251 e. The third-order valence-electron chi connectivity index (χ3n) is 4.95. The van der Waals surface area contributed by atoms with Crippen molar-refractivity contribution >= 4 is 28.4 Å². The molecule has 4 rings (SSSR count). The van der Waals surface area contributed by atoms with Crippen LogP contribution in [0.2, 0.25) is 0 Å². The number of hydrogen-bond acceptors (Lipinski definition) is 3. The van der Waals surface area contributed by atoms with Crippen molar-refractivity contribution in [2.45, 2.75) is 25.8 Å². The van der Waals surface area contributed by atoms with Crippen molar-refractivity contribution in [1.82, 2.24) is 10.3 Å². The predicted molar refractivity (Wildman–Crippen MR) is 102 cm³/mol. The summed E-state index contributed by atoms with van der Waals surface area (Å²) in [7, 11) is 0. The zero-order chi connectivity index (χ0) is 19.0. The highest BCUT2D eigenvalue weighted by molar-refractivity contribution is 6.22. The molecule has 0 saturated carbocycles. The Morgan fingerprint density at radius 3 is 2.85 bits per heavy atom. The molecule has 2 amide bonds. The van der Waals surface area contributed by atoms with Gasteiger partial charge >= 0.3 is 0 Å². The second-order valence-electron chi connectivity index (χ2n) is 6.84. The number of halogens is 1. The SMILES string of the molecule is Cc1ccc(N2C(=O)CC(NCCc3c[nH]c4ccccc34)C2=O)c(F)c1. The number of para-hydroxylation sites is 1. The molecule has 1 aliphatic heterocycles. The van der Waals surface area contributed by atoms with Crippen molar-refractivity contribution in [2.24, 2.45) is 0 Å².